The molecule has 0 atom stereocenters. The summed E-state index contributed by atoms with van der Waals surface area (Å²) in [5.74, 6) is -1.56. The molecule has 1 aliphatic rings. The van der Waals surface area contributed by atoms with Gasteiger partial charge in [-0.15, -0.1) is 0 Å². The van der Waals surface area contributed by atoms with Gasteiger partial charge in [0.05, 0.1) is 0 Å². The van der Waals surface area contributed by atoms with Crippen molar-refractivity contribution in [1.29, 1.82) is 0 Å². The number of aromatic hydroxyl groups is 1. The quantitative estimate of drug-likeness (QED) is 0.729. The molecular formula is C13H16N2O4. The van der Waals surface area contributed by atoms with Gasteiger partial charge in [-0.1, -0.05) is 0 Å². The molecule has 6 nitrogen and oxygen atoms in total. The summed E-state index contributed by atoms with van der Waals surface area (Å²) in [5.41, 5.74) is 0.121. The number of anilines is 1. The molecule has 6 heteroatoms. The molecule has 1 aromatic rings. The molecule has 0 heterocycles. The van der Waals surface area contributed by atoms with Gasteiger partial charge in [0.2, 0.25) is 0 Å². The van der Waals surface area contributed by atoms with Crippen LogP contribution in [0.4, 0.5) is 10.5 Å². The third kappa shape index (κ3) is 2.78. The van der Waals surface area contributed by atoms with Crippen molar-refractivity contribution in [1.82, 2.24) is 4.90 Å². The first-order valence-electron chi connectivity index (χ1n) is 6.09. The first-order valence-corrected chi connectivity index (χ1v) is 6.09. The summed E-state index contributed by atoms with van der Waals surface area (Å²) in [4.78, 5) is 24.4. The maximum atomic E-state index is 11.9. The van der Waals surface area contributed by atoms with Crippen LogP contribution >= 0.6 is 0 Å². The Morgan fingerprint density at radius 3 is 2.58 bits per heavy atom. The van der Waals surface area contributed by atoms with Crippen molar-refractivity contribution in [2.75, 3.05) is 12.4 Å². The van der Waals surface area contributed by atoms with E-state index >= 15 is 0 Å². The van der Waals surface area contributed by atoms with Crippen LogP contribution in [0.3, 0.4) is 0 Å². The van der Waals surface area contributed by atoms with Crippen LogP contribution in [0.2, 0.25) is 0 Å². The van der Waals surface area contributed by atoms with Gasteiger partial charge >= 0.3 is 12.0 Å². The minimum atomic E-state index is -1.24. The molecule has 102 valence electrons. The van der Waals surface area contributed by atoms with E-state index in [1.165, 1.54) is 18.2 Å². The predicted molar refractivity (Wildman–Crippen MR) is 69.5 cm³/mol. The molecule has 1 fully saturated rings. The lowest BCUT2D eigenvalue weighted by Gasteiger charge is -2.34. The summed E-state index contributed by atoms with van der Waals surface area (Å²) < 4.78 is 0. The van der Waals surface area contributed by atoms with E-state index < -0.39 is 5.97 Å². The number of rotatable bonds is 3. The van der Waals surface area contributed by atoms with E-state index in [1.807, 2.05) is 0 Å². The van der Waals surface area contributed by atoms with Crippen molar-refractivity contribution < 1.29 is 19.8 Å². The van der Waals surface area contributed by atoms with E-state index in [9.17, 15) is 14.7 Å². The summed E-state index contributed by atoms with van der Waals surface area (Å²) >= 11 is 0. The van der Waals surface area contributed by atoms with E-state index in [4.69, 9.17) is 5.11 Å². The summed E-state index contributed by atoms with van der Waals surface area (Å²) in [6.45, 7) is 0. The van der Waals surface area contributed by atoms with Gasteiger partial charge in [0.1, 0.15) is 11.3 Å². The number of carbonyl (C=O) groups excluding carboxylic acids is 1. The van der Waals surface area contributed by atoms with Crippen LogP contribution in [0.5, 0.6) is 5.75 Å². The largest absolute Gasteiger partial charge is 0.507 e. The standard InChI is InChI=1S/C13H16N2O4/c1-15(9-3-2-4-9)13(19)14-8-5-6-11(16)10(7-8)12(17)18/h5-7,9,16H,2-4H2,1H3,(H,14,19)(H,17,18). The maximum Gasteiger partial charge on any atom is 0.339 e. The van der Waals surface area contributed by atoms with Gasteiger partial charge in [-0.3, -0.25) is 0 Å². The minimum absolute atomic E-state index is 0.232. The van der Waals surface area contributed by atoms with E-state index in [0.717, 1.165) is 19.3 Å². The van der Waals surface area contributed by atoms with Crippen molar-refractivity contribution in [2.24, 2.45) is 0 Å². The Balaban J connectivity index is 2.08. The third-order valence-electron chi connectivity index (χ3n) is 3.42. The molecule has 0 unspecified atom stereocenters. The highest BCUT2D eigenvalue weighted by Gasteiger charge is 2.25. The number of carboxylic acid groups (broad SMARTS) is 1. The third-order valence-corrected chi connectivity index (χ3v) is 3.42. The fourth-order valence-electron chi connectivity index (χ4n) is 1.94. The smallest absolute Gasteiger partial charge is 0.339 e. The van der Waals surface area contributed by atoms with Gasteiger partial charge in [-0.2, -0.15) is 0 Å². The highest BCUT2D eigenvalue weighted by Crippen LogP contribution is 2.25. The average molecular weight is 264 g/mol. The van der Waals surface area contributed by atoms with E-state index in [0.29, 0.717) is 5.69 Å². The van der Waals surface area contributed by atoms with Crippen LogP contribution in [0, 0.1) is 0 Å². The lowest BCUT2D eigenvalue weighted by atomic mass is 9.92. The van der Waals surface area contributed by atoms with Gasteiger partial charge in [0.15, 0.2) is 0 Å². The maximum absolute atomic E-state index is 11.9. The van der Waals surface area contributed by atoms with Crippen molar-refractivity contribution in [3.8, 4) is 5.75 Å². The summed E-state index contributed by atoms with van der Waals surface area (Å²) in [6, 6.07) is 3.95. The number of nitrogens with zero attached hydrogens (tertiary/aromatic N) is 1. The van der Waals surface area contributed by atoms with Gasteiger partial charge in [-0.05, 0) is 37.5 Å². The molecule has 0 saturated heterocycles. The van der Waals surface area contributed by atoms with E-state index in [-0.39, 0.29) is 23.4 Å². The number of benzene rings is 1. The van der Waals surface area contributed by atoms with Gasteiger partial charge in [0, 0.05) is 18.8 Å². The van der Waals surface area contributed by atoms with Crippen LogP contribution in [0.15, 0.2) is 18.2 Å². The number of hydrogen-bond donors (Lipinski definition) is 3. The Morgan fingerprint density at radius 2 is 2.05 bits per heavy atom. The number of nitrogens with one attached hydrogen (secondary N) is 1. The molecule has 0 radical (unpaired) electrons. The number of hydrogen-bond acceptors (Lipinski definition) is 3. The van der Waals surface area contributed by atoms with Crippen molar-refractivity contribution >= 4 is 17.7 Å². The monoisotopic (exact) mass is 264 g/mol. The first kappa shape index (κ1) is 13.2. The molecule has 2 rings (SSSR count). The lowest BCUT2D eigenvalue weighted by molar-refractivity contribution is 0.0693. The normalized spacial score (nSPS) is 14.6. The van der Waals surface area contributed by atoms with E-state index in [1.54, 1.807) is 11.9 Å². The molecule has 0 aliphatic heterocycles. The van der Waals surface area contributed by atoms with Gasteiger partial charge in [0.25, 0.3) is 0 Å². The fourth-order valence-corrected chi connectivity index (χ4v) is 1.94. The SMILES string of the molecule is CN(C(=O)Nc1ccc(O)c(C(=O)O)c1)C1CCC1. The highest BCUT2D eigenvalue weighted by atomic mass is 16.4. The van der Waals surface area contributed by atoms with Crippen molar-refractivity contribution in [3.63, 3.8) is 0 Å². The van der Waals surface area contributed by atoms with Crippen LogP contribution < -0.4 is 5.32 Å². The highest BCUT2D eigenvalue weighted by molar-refractivity contribution is 5.95. The number of phenols is 1. The van der Waals surface area contributed by atoms with Crippen LogP contribution in [-0.2, 0) is 0 Å². The molecule has 3 N–H and O–H groups in total. The lowest BCUT2D eigenvalue weighted by Crippen LogP contribution is -2.43. The molecule has 1 aliphatic carbocycles. The molecule has 1 aromatic carbocycles. The number of urea groups is 1. The molecule has 0 spiro atoms. The molecule has 19 heavy (non-hydrogen) atoms. The number of carboxylic acids is 1. The second-order valence-corrected chi connectivity index (χ2v) is 4.66. The minimum Gasteiger partial charge on any atom is -0.507 e. The molecule has 1 saturated carbocycles. The summed E-state index contributed by atoms with van der Waals surface area (Å²) in [5, 5.41) is 20.9. The zero-order valence-corrected chi connectivity index (χ0v) is 10.6. The Hall–Kier alpha value is -2.24. The Kier molecular flexibility index (Phi) is 3.59. The molecular weight excluding hydrogens is 248 g/mol. The second kappa shape index (κ2) is 5.17. The molecule has 0 bridgehead atoms. The van der Waals surface area contributed by atoms with E-state index in [2.05, 4.69) is 5.32 Å². The molecule has 0 aromatic heterocycles. The summed E-state index contributed by atoms with van der Waals surface area (Å²) in [6.07, 6.45) is 3.13. The number of carbonyl (C=O) groups is 2. The van der Waals surface area contributed by atoms with Gasteiger partial charge in [-0.25, -0.2) is 9.59 Å². The van der Waals surface area contributed by atoms with Crippen molar-refractivity contribution in [2.45, 2.75) is 25.3 Å². The average Bonchev–Trinajstić information content (AvgIpc) is 2.28. The van der Waals surface area contributed by atoms with Gasteiger partial charge < -0.3 is 20.4 Å². The number of amides is 2. The zero-order chi connectivity index (χ0) is 14.0. The fraction of sp³-hybridized carbons (Fsp3) is 0.385. The Bertz CT molecular complexity index is 511. The van der Waals surface area contributed by atoms with Crippen LogP contribution in [-0.4, -0.2) is 40.2 Å². The van der Waals surface area contributed by atoms with Crippen LogP contribution in [0.1, 0.15) is 29.6 Å². The van der Waals surface area contributed by atoms with Crippen LogP contribution in [0.25, 0.3) is 0 Å². The zero-order valence-electron chi connectivity index (χ0n) is 10.6. The molecule has 2 amide bonds. The summed E-state index contributed by atoms with van der Waals surface area (Å²) in [7, 11) is 1.72. The second-order valence-electron chi connectivity index (χ2n) is 4.66. The Morgan fingerprint density at radius 1 is 1.37 bits per heavy atom. The van der Waals surface area contributed by atoms with Crippen molar-refractivity contribution in [3.05, 3.63) is 23.8 Å². The predicted octanol–water partition coefficient (Wildman–Crippen LogP) is 2.11. The topological polar surface area (TPSA) is 89.9 Å². The first-order chi connectivity index (χ1) is 8.99. The Labute approximate surface area is 110 Å². The number of aromatic carboxylic acids is 1.